The van der Waals surface area contributed by atoms with Crippen molar-refractivity contribution in [1.29, 1.82) is 0 Å². The lowest BCUT2D eigenvalue weighted by Gasteiger charge is -2.23. The SMILES string of the molecule is Cc1ccc2c(c1)/C(=C\CCN(C)C)c1ccccc1S2. The highest BCUT2D eigenvalue weighted by molar-refractivity contribution is 7.99. The molecule has 0 amide bonds. The van der Waals surface area contributed by atoms with Crippen LogP contribution in [0.15, 0.2) is 58.3 Å². The molecule has 1 aliphatic heterocycles. The van der Waals surface area contributed by atoms with Gasteiger partial charge in [0.15, 0.2) is 0 Å². The fourth-order valence-corrected chi connectivity index (χ4v) is 3.76. The number of hydrogen-bond donors (Lipinski definition) is 0. The van der Waals surface area contributed by atoms with E-state index in [9.17, 15) is 0 Å². The Bertz CT molecular complexity index is 686. The molecule has 1 heterocycles. The molecule has 108 valence electrons. The van der Waals surface area contributed by atoms with E-state index < -0.39 is 0 Å². The molecule has 0 fully saturated rings. The van der Waals surface area contributed by atoms with Crippen LogP contribution in [0, 0.1) is 6.92 Å². The Balaban J connectivity index is 2.06. The van der Waals surface area contributed by atoms with Crippen LogP contribution in [-0.4, -0.2) is 25.5 Å². The molecule has 0 atom stereocenters. The molecule has 2 aromatic carbocycles. The molecule has 1 aliphatic rings. The molecule has 0 aliphatic carbocycles. The first-order chi connectivity index (χ1) is 10.1. The van der Waals surface area contributed by atoms with Gasteiger partial charge < -0.3 is 4.90 Å². The van der Waals surface area contributed by atoms with Gasteiger partial charge in [0.1, 0.15) is 0 Å². The van der Waals surface area contributed by atoms with E-state index in [1.807, 2.05) is 11.8 Å². The van der Waals surface area contributed by atoms with E-state index in [4.69, 9.17) is 0 Å². The van der Waals surface area contributed by atoms with Crippen molar-refractivity contribution < 1.29 is 0 Å². The van der Waals surface area contributed by atoms with Crippen molar-refractivity contribution in [1.82, 2.24) is 4.90 Å². The van der Waals surface area contributed by atoms with Gasteiger partial charge in [-0.15, -0.1) is 0 Å². The summed E-state index contributed by atoms with van der Waals surface area (Å²) in [5.74, 6) is 0. The smallest absolute Gasteiger partial charge is 0.0201 e. The Hall–Kier alpha value is -1.51. The van der Waals surface area contributed by atoms with Crippen molar-refractivity contribution in [2.45, 2.75) is 23.1 Å². The molecule has 0 aromatic heterocycles. The van der Waals surface area contributed by atoms with Crippen LogP contribution in [0.3, 0.4) is 0 Å². The van der Waals surface area contributed by atoms with Crippen molar-refractivity contribution in [3.8, 4) is 0 Å². The van der Waals surface area contributed by atoms with Gasteiger partial charge in [-0.05, 0) is 56.3 Å². The van der Waals surface area contributed by atoms with Crippen molar-refractivity contribution in [2.24, 2.45) is 0 Å². The number of nitrogens with zero attached hydrogens (tertiary/aromatic N) is 1. The summed E-state index contributed by atoms with van der Waals surface area (Å²) in [5, 5.41) is 0. The van der Waals surface area contributed by atoms with Crippen molar-refractivity contribution in [2.75, 3.05) is 20.6 Å². The van der Waals surface area contributed by atoms with E-state index in [0.29, 0.717) is 0 Å². The highest BCUT2D eigenvalue weighted by Gasteiger charge is 2.20. The van der Waals surface area contributed by atoms with Crippen LogP contribution in [0.25, 0.3) is 5.57 Å². The maximum absolute atomic E-state index is 2.40. The third-order valence-corrected chi connectivity index (χ3v) is 4.90. The lowest BCUT2D eigenvalue weighted by atomic mass is 9.95. The van der Waals surface area contributed by atoms with Crippen LogP contribution < -0.4 is 0 Å². The minimum Gasteiger partial charge on any atom is -0.309 e. The third kappa shape index (κ3) is 3.07. The summed E-state index contributed by atoms with van der Waals surface area (Å²) in [6, 6.07) is 15.5. The van der Waals surface area contributed by atoms with Gasteiger partial charge in [-0.1, -0.05) is 53.7 Å². The van der Waals surface area contributed by atoms with Crippen LogP contribution in [0.5, 0.6) is 0 Å². The first-order valence-corrected chi connectivity index (χ1v) is 8.20. The van der Waals surface area contributed by atoms with Gasteiger partial charge >= 0.3 is 0 Å². The topological polar surface area (TPSA) is 3.24 Å². The number of rotatable bonds is 3. The number of aryl methyl sites for hydroxylation is 1. The van der Waals surface area contributed by atoms with Crippen LogP contribution in [0.2, 0.25) is 0 Å². The zero-order valence-electron chi connectivity index (χ0n) is 12.9. The highest BCUT2D eigenvalue weighted by atomic mass is 32.2. The quantitative estimate of drug-likeness (QED) is 0.680. The van der Waals surface area contributed by atoms with E-state index >= 15 is 0 Å². The molecular formula is C19H21NS. The van der Waals surface area contributed by atoms with Crippen LogP contribution in [-0.2, 0) is 0 Å². The largest absolute Gasteiger partial charge is 0.309 e. The van der Waals surface area contributed by atoms with Crippen molar-refractivity contribution >= 4 is 17.3 Å². The third-order valence-electron chi connectivity index (χ3n) is 3.75. The Morgan fingerprint density at radius 3 is 2.57 bits per heavy atom. The van der Waals surface area contributed by atoms with E-state index in [1.165, 1.54) is 32.1 Å². The summed E-state index contributed by atoms with van der Waals surface area (Å²) < 4.78 is 0. The Labute approximate surface area is 131 Å². The predicted octanol–water partition coefficient (Wildman–Crippen LogP) is 4.84. The second kappa shape index (κ2) is 6.08. The first-order valence-electron chi connectivity index (χ1n) is 7.38. The molecule has 0 radical (unpaired) electrons. The summed E-state index contributed by atoms with van der Waals surface area (Å²) >= 11 is 1.88. The maximum Gasteiger partial charge on any atom is 0.0201 e. The second-order valence-electron chi connectivity index (χ2n) is 5.81. The fourth-order valence-electron chi connectivity index (χ4n) is 2.67. The molecule has 3 rings (SSSR count). The molecule has 0 bridgehead atoms. The highest BCUT2D eigenvalue weighted by Crippen LogP contribution is 2.45. The minimum absolute atomic E-state index is 1.08. The molecular weight excluding hydrogens is 274 g/mol. The van der Waals surface area contributed by atoms with Crippen LogP contribution in [0.1, 0.15) is 23.1 Å². The standard InChI is InChI=1S/C19H21NS/c1-14-10-11-19-17(13-14)15(8-6-12-20(2)3)16-7-4-5-9-18(16)21-19/h4-5,7-11,13H,6,12H2,1-3H3/b15-8-. The summed E-state index contributed by atoms with van der Waals surface area (Å²) in [4.78, 5) is 4.97. The summed E-state index contributed by atoms with van der Waals surface area (Å²) in [6.45, 7) is 3.25. The Morgan fingerprint density at radius 1 is 1.00 bits per heavy atom. The zero-order valence-corrected chi connectivity index (χ0v) is 13.7. The van der Waals surface area contributed by atoms with Gasteiger partial charge in [0.05, 0.1) is 0 Å². The summed E-state index contributed by atoms with van der Waals surface area (Å²) in [7, 11) is 4.25. The van der Waals surface area contributed by atoms with Crippen LogP contribution >= 0.6 is 11.8 Å². The van der Waals surface area contributed by atoms with E-state index in [1.54, 1.807) is 0 Å². The van der Waals surface area contributed by atoms with Crippen molar-refractivity contribution in [3.63, 3.8) is 0 Å². The number of fused-ring (bicyclic) bond motifs is 2. The average Bonchev–Trinajstić information content (AvgIpc) is 2.46. The van der Waals surface area contributed by atoms with Gasteiger partial charge in [-0.2, -0.15) is 0 Å². The zero-order chi connectivity index (χ0) is 14.8. The summed E-state index contributed by atoms with van der Waals surface area (Å²) in [6.07, 6.45) is 3.48. The molecule has 0 saturated heterocycles. The second-order valence-corrected chi connectivity index (χ2v) is 6.89. The number of hydrogen-bond acceptors (Lipinski definition) is 2. The summed E-state index contributed by atoms with van der Waals surface area (Å²) in [5.41, 5.74) is 5.48. The lowest BCUT2D eigenvalue weighted by molar-refractivity contribution is 0.417. The van der Waals surface area contributed by atoms with Gasteiger partial charge in [-0.25, -0.2) is 0 Å². The monoisotopic (exact) mass is 295 g/mol. The maximum atomic E-state index is 2.40. The van der Waals surface area contributed by atoms with Crippen molar-refractivity contribution in [3.05, 3.63) is 65.2 Å². The molecule has 0 spiro atoms. The lowest BCUT2D eigenvalue weighted by Crippen LogP contribution is -2.12. The molecule has 21 heavy (non-hydrogen) atoms. The van der Waals surface area contributed by atoms with Gasteiger partial charge in [-0.3, -0.25) is 0 Å². The predicted molar refractivity (Wildman–Crippen MR) is 92.0 cm³/mol. The van der Waals surface area contributed by atoms with E-state index in [-0.39, 0.29) is 0 Å². The molecule has 2 heteroatoms. The number of benzene rings is 2. The minimum atomic E-state index is 1.08. The van der Waals surface area contributed by atoms with E-state index in [2.05, 4.69) is 74.5 Å². The molecule has 0 saturated carbocycles. The van der Waals surface area contributed by atoms with Gasteiger partial charge in [0, 0.05) is 16.3 Å². The molecule has 1 nitrogen and oxygen atoms in total. The first kappa shape index (κ1) is 14.4. The van der Waals surface area contributed by atoms with Gasteiger partial charge in [0.25, 0.3) is 0 Å². The fraction of sp³-hybridized carbons (Fsp3) is 0.263. The van der Waals surface area contributed by atoms with Gasteiger partial charge in [0.2, 0.25) is 0 Å². The average molecular weight is 295 g/mol. The molecule has 0 N–H and O–H groups in total. The normalized spacial score (nSPS) is 15.1. The Morgan fingerprint density at radius 2 is 1.76 bits per heavy atom. The molecule has 2 aromatic rings. The van der Waals surface area contributed by atoms with Crippen LogP contribution in [0.4, 0.5) is 0 Å². The Kier molecular flexibility index (Phi) is 4.18. The molecule has 0 unspecified atom stereocenters. The van der Waals surface area contributed by atoms with E-state index in [0.717, 1.165) is 13.0 Å².